The second-order valence-corrected chi connectivity index (χ2v) is 8.89. The molecule has 3 aromatic carbocycles. The lowest BCUT2D eigenvalue weighted by Crippen LogP contribution is -2.13. The maximum Gasteiger partial charge on any atom is 0.206 e. The summed E-state index contributed by atoms with van der Waals surface area (Å²) >= 11 is 1.50. The average Bonchev–Trinajstić information content (AvgIpc) is 3.31. The van der Waals surface area contributed by atoms with Crippen molar-refractivity contribution in [3.05, 3.63) is 76.4 Å². The van der Waals surface area contributed by atoms with Crippen LogP contribution in [0.5, 0.6) is 23.0 Å². The van der Waals surface area contributed by atoms with E-state index in [-0.39, 0.29) is 0 Å². The van der Waals surface area contributed by atoms with Gasteiger partial charge in [0.1, 0.15) is 5.75 Å². The minimum Gasteiger partial charge on any atom is -0.496 e. The van der Waals surface area contributed by atoms with Crippen molar-refractivity contribution in [2.45, 2.75) is 6.92 Å². The number of methoxy groups -OCH3 is 4. The summed E-state index contributed by atoms with van der Waals surface area (Å²) in [6.07, 6.45) is 1.81. The molecule has 0 spiro atoms. The van der Waals surface area contributed by atoms with E-state index < -0.39 is 0 Å². The molecule has 0 fully saturated rings. The molecule has 0 bridgehead atoms. The van der Waals surface area contributed by atoms with E-state index in [0.717, 1.165) is 43.7 Å². The highest BCUT2D eigenvalue weighted by molar-refractivity contribution is 7.07. The topological polar surface area (TPSA) is 66.6 Å². The lowest BCUT2D eigenvalue weighted by atomic mass is 10.0. The van der Waals surface area contributed by atoms with Gasteiger partial charge in [0.2, 0.25) is 10.6 Å². The van der Waals surface area contributed by atoms with Crippen LogP contribution >= 0.6 is 11.3 Å². The van der Waals surface area contributed by atoms with Gasteiger partial charge in [-0.05, 0) is 35.9 Å². The summed E-state index contributed by atoms with van der Waals surface area (Å²) in [6, 6.07) is 15.9. The quantitative estimate of drug-likeness (QED) is 0.215. The van der Waals surface area contributed by atoms with Gasteiger partial charge in [-0.25, -0.2) is 4.68 Å². The molecule has 0 atom stereocenters. The van der Waals surface area contributed by atoms with E-state index >= 15 is 0 Å². The predicted octanol–water partition coefficient (Wildman–Crippen LogP) is 5.76. The third kappa shape index (κ3) is 4.99. The molecule has 0 amide bonds. The highest BCUT2D eigenvalue weighted by Crippen LogP contribution is 2.41. The molecule has 0 N–H and O–H groups in total. The monoisotopic (exact) mass is 503 g/mol. The Morgan fingerprint density at radius 1 is 0.944 bits per heavy atom. The Balaban J connectivity index is 1.93. The fourth-order valence-corrected chi connectivity index (χ4v) is 4.69. The molecule has 0 saturated heterocycles. The SMILES string of the molecule is C=C(C)CN=c1scc(-c2cc(OC)c(OC)c(OC)c2)n1N=Cc1c(OC)ccc2ccccc12. The number of nitrogens with zero attached hydrogens (tertiary/aromatic N) is 3. The fourth-order valence-electron chi connectivity index (χ4n) is 3.85. The molecule has 0 saturated carbocycles. The first-order valence-electron chi connectivity index (χ1n) is 11.3. The largest absolute Gasteiger partial charge is 0.496 e. The molecule has 0 aliphatic rings. The van der Waals surface area contributed by atoms with Gasteiger partial charge < -0.3 is 18.9 Å². The Morgan fingerprint density at radius 3 is 2.28 bits per heavy atom. The van der Waals surface area contributed by atoms with E-state index in [1.54, 1.807) is 28.4 Å². The minimum absolute atomic E-state index is 0.502. The number of ether oxygens (including phenoxy) is 4. The number of benzene rings is 3. The molecule has 0 aliphatic heterocycles. The van der Waals surface area contributed by atoms with Crippen LogP contribution in [0.3, 0.4) is 0 Å². The van der Waals surface area contributed by atoms with Crippen molar-refractivity contribution in [3.63, 3.8) is 0 Å². The van der Waals surface area contributed by atoms with Crippen LogP contribution in [0.15, 0.2) is 76.2 Å². The molecule has 0 unspecified atom stereocenters. The van der Waals surface area contributed by atoms with E-state index in [2.05, 4.69) is 18.7 Å². The van der Waals surface area contributed by atoms with Gasteiger partial charge in [0.25, 0.3) is 0 Å². The number of rotatable bonds is 9. The van der Waals surface area contributed by atoms with Gasteiger partial charge in [0, 0.05) is 16.5 Å². The van der Waals surface area contributed by atoms with Gasteiger partial charge in [-0.1, -0.05) is 42.5 Å². The Labute approximate surface area is 214 Å². The zero-order chi connectivity index (χ0) is 25.7. The molecule has 8 heteroatoms. The molecule has 1 heterocycles. The van der Waals surface area contributed by atoms with Crippen molar-refractivity contribution in [1.82, 2.24) is 4.68 Å². The van der Waals surface area contributed by atoms with Crippen molar-refractivity contribution in [3.8, 4) is 34.3 Å². The first-order chi connectivity index (χ1) is 17.5. The standard InChI is InChI=1S/C28H29N3O4S/c1-18(2)15-29-28-31(30-16-22-21-10-8-7-9-19(21)11-12-24(22)32-3)23(17-36-28)20-13-25(33-4)27(35-6)26(14-20)34-5/h7-14,16-17H,1,15H2,2-6H3. The highest BCUT2D eigenvalue weighted by atomic mass is 32.1. The lowest BCUT2D eigenvalue weighted by molar-refractivity contribution is 0.324. The summed E-state index contributed by atoms with van der Waals surface area (Å²) < 4.78 is 24.1. The van der Waals surface area contributed by atoms with Gasteiger partial charge >= 0.3 is 0 Å². The number of thiazole rings is 1. The summed E-state index contributed by atoms with van der Waals surface area (Å²) in [5.74, 6) is 2.39. The second-order valence-electron chi connectivity index (χ2n) is 8.05. The molecule has 0 aliphatic carbocycles. The van der Waals surface area contributed by atoms with Crippen molar-refractivity contribution in [2.24, 2.45) is 10.1 Å². The van der Waals surface area contributed by atoms with Gasteiger partial charge in [-0.15, -0.1) is 11.3 Å². The third-order valence-corrected chi connectivity index (χ3v) is 6.44. The summed E-state index contributed by atoms with van der Waals surface area (Å²) in [5, 5.41) is 9.05. The summed E-state index contributed by atoms with van der Waals surface area (Å²) in [4.78, 5) is 5.47. The van der Waals surface area contributed by atoms with Gasteiger partial charge in [0.15, 0.2) is 11.5 Å². The Bertz CT molecular complexity index is 1480. The molecule has 4 rings (SSSR count). The summed E-state index contributed by atoms with van der Waals surface area (Å²) in [6.45, 7) is 6.43. The Kier molecular flexibility index (Phi) is 7.75. The normalized spacial score (nSPS) is 11.8. The van der Waals surface area contributed by atoms with Crippen LogP contribution in [0, 0.1) is 0 Å². The minimum atomic E-state index is 0.502. The van der Waals surface area contributed by atoms with Crippen molar-refractivity contribution < 1.29 is 18.9 Å². The molecule has 4 aromatic rings. The van der Waals surface area contributed by atoms with E-state index in [1.807, 2.05) is 59.6 Å². The third-order valence-electron chi connectivity index (χ3n) is 5.58. The Morgan fingerprint density at radius 2 is 1.64 bits per heavy atom. The van der Waals surface area contributed by atoms with Gasteiger partial charge in [0.05, 0.1) is 46.9 Å². The first-order valence-corrected chi connectivity index (χ1v) is 12.1. The highest BCUT2D eigenvalue weighted by Gasteiger charge is 2.17. The molecule has 186 valence electrons. The van der Waals surface area contributed by atoms with Crippen LogP contribution in [0.2, 0.25) is 0 Å². The van der Waals surface area contributed by atoms with Crippen molar-refractivity contribution >= 4 is 28.3 Å². The van der Waals surface area contributed by atoms with Gasteiger partial charge in [-0.2, -0.15) is 5.10 Å². The molecular formula is C28H29N3O4S. The zero-order valence-corrected chi connectivity index (χ0v) is 21.9. The molecule has 7 nitrogen and oxygen atoms in total. The predicted molar refractivity (Wildman–Crippen MR) is 146 cm³/mol. The van der Waals surface area contributed by atoms with Crippen molar-refractivity contribution in [2.75, 3.05) is 35.0 Å². The zero-order valence-electron chi connectivity index (χ0n) is 21.1. The smallest absolute Gasteiger partial charge is 0.206 e. The first kappa shape index (κ1) is 25.1. The number of hydrogen-bond donors (Lipinski definition) is 0. The van der Waals surface area contributed by atoms with Crippen LogP contribution in [0.25, 0.3) is 22.0 Å². The van der Waals surface area contributed by atoms with Crippen LogP contribution in [0.1, 0.15) is 12.5 Å². The number of aromatic nitrogens is 1. The Hall–Kier alpha value is -4.04. The van der Waals surface area contributed by atoms with Crippen LogP contribution in [-0.4, -0.2) is 45.9 Å². The van der Waals surface area contributed by atoms with E-state index in [1.165, 1.54) is 11.3 Å². The van der Waals surface area contributed by atoms with Crippen LogP contribution < -0.4 is 23.7 Å². The van der Waals surface area contributed by atoms with E-state index in [9.17, 15) is 0 Å². The summed E-state index contributed by atoms with van der Waals surface area (Å²) in [5.41, 5.74) is 3.52. The fraction of sp³-hybridized carbons (Fsp3) is 0.214. The maximum absolute atomic E-state index is 5.65. The van der Waals surface area contributed by atoms with Crippen molar-refractivity contribution in [1.29, 1.82) is 0 Å². The van der Waals surface area contributed by atoms with Crippen LogP contribution in [0.4, 0.5) is 0 Å². The lowest BCUT2D eigenvalue weighted by Gasteiger charge is -2.14. The summed E-state index contributed by atoms with van der Waals surface area (Å²) in [7, 11) is 6.44. The van der Waals surface area contributed by atoms with Gasteiger partial charge in [-0.3, -0.25) is 4.99 Å². The van der Waals surface area contributed by atoms with E-state index in [4.69, 9.17) is 29.0 Å². The average molecular weight is 504 g/mol. The second kappa shape index (κ2) is 11.1. The number of hydrogen-bond acceptors (Lipinski definition) is 7. The number of fused-ring (bicyclic) bond motifs is 1. The molecule has 1 aromatic heterocycles. The van der Waals surface area contributed by atoms with Crippen LogP contribution in [-0.2, 0) is 0 Å². The maximum atomic E-state index is 5.65. The molecule has 0 radical (unpaired) electrons. The molecular weight excluding hydrogens is 474 g/mol. The van der Waals surface area contributed by atoms with E-state index in [0.29, 0.717) is 23.8 Å². The molecule has 36 heavy (non-hydrogen) atoms.